The Kier molecular flexibility index (Phi) is 3.72. The Bertz CT molecular complexity index is 375. The van der Waals surface area contributed by atoms with Gasteiger partial charge in [-0.2, -0.15) is 0 Å². The summed E-state index contributed by atoms with van der Waals surface area (Å²) < 4.78 is 5.68. The van der Waals surface area contributed by atoms with E-state index in [0.29, 0.717) is 18.1 Å². The molecule has 2 heteroatoms. The molecule has 2 atom stereocenters. The first-order valence-corrected chi connectivity index (χ1v) is 6.58. The van der Waals surface area contributed by atoms with E-state index in [2.05, 4.69) is 56.9 Å². The number of nitrogens with zero attached hydrogens (tertiary/aromatic N) is 1. The van der Waals surface area contributed by atoms with E-state index in [1.165, 1.54) is 11.3 Å². The second-order valence-electron chi connectivity index (χ2n) is 5.26. The minimum absolute atomic E-state index is 0.312. The number of ether oxygens (including phenoxy) is 1. The van der Waals surface area contributed by atoms with Crippen molar-refractivity contribution in [2.45, 2.75) is 45.8 Å². The fraction of sp³-hybridized carbons (Fsp3) is 0.600. The predicted molar refractivity (Wildman–Crippen MR) is 72.8 cm³/mol. The molecule has 1 aromatic carbocycles. The molecular formula is C15H23NO. The molecule has 0 radical (unpaired) electrons. The number of hydrogen-bond acceptors (Lipinski definition) is 2. The highest BCUT2D eigenvalue weighted by atomic mass is 16.5. The smallest absolute Gasteiger partial charge is 0.0748 e. The molecule has 2 nitrogen and oxygen atoms in total. The van der Waals surface area contributed by atoms with E-state index in [1.807, 2.05) is 0 Å². The molecule has 0 N–H and O–H groups in total. The zero-order valence-corrected chi connectivity index (χ0v) is 11.3. The van der Waals surface area contributed by atoms with Gasteiger partial charge in [-0.1, -0.05) is 26.0 Å². The van der Waals surface area contributed by atoms with Crippen LogP contribution in [-0.4, -0.2) is 25.3 Å². The van der Waals surface area contributed by atoms with Crippen LogP contribution in [0.5, 0.6) is 0 Å². The van der Waals surface area contributed by atoms with Crippen LogP contribution in [0, 0.1) is 0 Å². The van der Waals surface area contributed by atoms with Crippen LogP contribution < -0.4 is 4.90 Å². The average molecular weight is 233 g/mol. The Hall–Kier alpha value is -1.02. The van der Waals surface area contributed by atoms with Crippen molar-refractivity contribution >= 4 is 5.69 Å². The van der Waals surface area contributed by atoms with Crippen molar-refractivity contribution in [2.75, 3.05) is 18.1 Å². The maximum Gasteiger partial charge on any atom is 0.0748 e. The van der Waals surface area contributed by atoms with Crippen LogP contribution in [0.25, 0.3) is 0 Å². The van der Waals surface area contributed by atoms with Gasteiger partial charge in [-0.25, -0.2) is 0 Å². The molecule has 17 heavy (non-hydrogen) atoms. The second-order valence-corrected chi connectivity index (χ2v) is 5.26. The molecule has 0 unspecified atom stereocenters. The Morgan fingerprint density at radius 1 is 1.29 bits per heavy atom. The number of morpholine rings is 1. The Morgan fingerprint density at radius 3 is 2.76 bits per heavy atom. The molecule has 1 heterocycles. The monoisotopic (exact) mass is 233 g/mol. The third-order valence-corrected chi connectivity index (χ3v) is 3.75. The minimum atomic E-state index is 0.312. The summed E-state index contributed by atoms with van der Waals surface area (Å²) in [6.07, 6.45) is 0.312. The first-order chi connectivity index (χ1) is 8.09. The van der Waals surface area contributed by atoms with Crippen LogP contribution in [0.4, 0.5) is 5.69 Å². The first-order valence-electron chi connectivity index (χ1n) is 6.58. The predicted octanol–water partition coefficient (Wildman–Crippen LogP) is 3.42. The van der Waals surface area contributed by atoms with E-state index in [4.69, 9.17) is 4.74 Å². The SMILES string of the molecule is CC(C)c1cccc(N2CCO[C@H](C)[C@@H]2C)c1. The second kappa shape index (κ2) is 5.09. The fourth-order valence-corrected chi connectivity index (χ4v) is 2.36. The van der Waals surface area contributed by atoms with E-state index in [-0.39, 0.29) is 0 Å². The highest BCUT2D eigenvalue weighted by Crippen LogP contribution is 2.26. The number of hydrogen-bond donors (Lipinski definition) is 0. The van der Waals surface area contributed by atoms with Crippen molar-refractivity contribution < 1.29 is 4.74 Å². The maximum absolute atomic E-state index is 5.68. The average Bonchev–Trinajstić information content (AvgIpc) is 2.33. The van der Waals surface area contributed by atoms with Crippen molar-refractivity contribution in [2.24, 2.45) is 0 Å². The molecule has 1 saturated heterocycles. The van der Waals surface area contributed by atoms with Gasteiger partial charge in [-0.3, -0.25) is 0 Å². The molecule has 1 aliphatic heterocycles. The Balaban J connectivity index is 2.23. The van der Waals surface area contributed by atoms with Gasteiger partial charge in [-0.05, 0) is 37.5 Å². The largest absolute Gasteiger partial charge is 0.375 e. The lowest BCUT2D eigenvalue weighted by atomic mass is 10.0. The van der Waals surface area contributed by atoms with Gasteiger partial charge in [0.1, 0.15) is 0 Å². The highest BCUT2D eigenvalue weighted by molar-refractivity contribution is 5.50. The van der Waals surface area contributed by atoms with Crippen LogP contribution in [-0.2, 0) is 4.74 Å². The van der Waals surface area contributed by atoms with Gasteiger partial charge >= 0.3 is 0 Å². The molecule has 2 rings (SSSR count). The zero-order chi connectivity index (χ0) is 12.4. The lowest BCUT2D eigenvalue weighted by molar-refractivity contribution is 0.0284. The Labute approximate surface area is 105 Å². The normalized spacial score (nSPS) is 25.4. The van der Waals surface area contributed by atoms with Crippen LogP contribution in [0.3, 0.4) is 0 Å². The molecule has 1 fully saturated rings. The third kappa shape index (κ3) is 2.63. The van der Waals surface area contributed by atoms with Crippen LogP contribution in [0.2, 0.25) is 0 Å². The number of benzene rings is 1. The Morgan fingerprint density at radius 2 is 2.06 bits per heavy atom. The summed E-state index contributed by atoms with van der Waals surface area (Å²) in [6, 6.07) is 9.35. The van der Waals surface area contributed by atoms with Crippen molar-refractivity contribution in [1.82, 2.24) is 0 Å². The van der Waals surface area contributed by atoms with E-state index < -0.39 is 0 Å². The van der Waals surface area contributed by atoms with E-state index >= 15 is 0 Å². The van der Waals surface area contributed by atoms with Crippen LogP contribution in [0.15, 0.2) is 24.3 Å². The fourth-order valence-electron chi connectivity index (χ4n) is 2.36. The van der Waals surface area contributed by atoms with Crippen molar-refractivity contribution in [3.8, 4) is 0 Å². The summed E-state index contributed by atoms with van der Waals surface area (Å²) in [4.78, 5) is 2.46. The molecule has 1 aliphatic rings. The van der Waals surface area contributed by atoms with Gasteiger partial charge in [0.25, 0.3) is 0 Å². The quantitative estimate of drug-likeness (QED) is 0.776. The van der Waals surface area contributed by atoms with Gasteiger partial charge < -0.3 is 9.64 Å². The van der Waals surface area contributed by atoms with E-state index in [1.54, 1.807) is 0 Å². The number of anilines is 1. The molecule has 0 aromatic heterocycles. The molecule has 0 amide bonds. The standard InChI is InChI=1S/C15H23NO/c1-11(2)14-6-5-7-15(10-14)16-8-9-17-13(4)12(16)3/h5-7,10-13H,8-9H2,1-4H3/t12-,13+/m0/s1. The minimum Gasteiger partial charge on any atom is -0.375 e. The van der Waals surface area contributed by atoms with Gasteiger partial charge in [0.2, 0.25) is 0 Å². The summed E-state index contributed by atoms with van der Waals surface area (Å²) >= 11 is 0. The van der Waals surface area contributed by atoms with Crippen molar-refractivity contribution in [1.29, 1.82) is 0 Å². The van der Waals surface area contributed by atoms with Crippen LogP contribution >= 0.6 is 0 Å². The van der Waals surface area contributed by atoms with Gasteiger partial charge in [0.15, 0.2) is 0 Å². The first kappa shape index (κ1) is 12.4. The lowest BCUT2D eigenvalue weighted by Gasteiger charge is -2.39. The van der Waals surface area contributed by atoms with E-state index in [0.717, 1.165) is 13.2 Å². The summed E-state index contributed by atoms with van der Waals surface area (Å²) in [7, 11) is 0. The number of rotatable bonds is 2. The molecular weight excluding hydrogens is 210 g/mol. The molecule has 0 saturated carbocycles. The molecule has 94 valence electrons. The molecule has 0 aliphatic carbocycles. The molecule has 0 bridgehead atoms. The molecule has 0 spiro atoms. The zero-order valence-electron chi connectivity index (χ0n) is 11.3. The summed E-state index contributed by atoms with van der Waals surface area (Å²) in [5, 5.41) is 0. The van der Waals surface area contributed by atoms with Gasteiger partial charge in [0, 0.05) is 12.2 Å². The maximum atomic E-state index is 5.68. The van der Waals surface area contributed by atoms with E-state index in [9.17, 15) is 0 Å². The van der Waals surface area contributed by atoms with Crippen molar-refractivity contribution in [3.05, 3.63) is 29.8 Å². The summed E-state index contributed by atoms with van der Waals surface area (Å²) in [5.41, 5.74) is 2.74. The van der Waals surface area contributed by atoms with Gasteiger partial charge in [-0.15, -0.1) is 0 Å². The summed E-state index contributed by atoms with van der Waals surface area (Å²) in [5.74, 6) is 0.587. The lowest BCUT2D eigenvalue weighted by Crippen LogP contribution is -2.48. The topological polar surface area (TPSA) is 12.5 Å². The van der Waals surface area contributed by atoms with Crippen LogP contribution in [0.1, 0.15) is 39.2 Å². The molecule has 1 aromatic rings. The summed E-state index contributed by atoms with van der Waals surface area (Å²) in [6.45, 7) is 10.7. The van der Waals surface area contributed by atoms with Gasteiger partial charge in [0.05, 0.1) is 18.8 Å². The third-order valence-electron chi connectivity index (χ3n) is 3.75. The highest BCUT2D eigenvalue weighted by Gasteiger charge is 2.25. The van der Waals surface area contributed by atoms with Crippen molar-refractivity contribution in [3.63, 3.8) is 0 Å².